The Morgan fingerprint density at radius 2 is 1.82 bits per heavy atom. The Morgan fingerprint density at radius 3 is 2.50 bits per heavy atom. The largest absolute Gasteiger partial charge is 0.461 e. The van der Waals surface area contributed by atoms with Crippen molar-refractivity contribution < 1.29 is 28.3 Å². The quantitative estimate of drug-likeness (QED) is 0.249. The topological polar surface area (TPSA) is 148 Å². The number of fused-ring (bicyclic) bond motifs is 1. The Labute approximate surface area is 257 Å². The van der Waals surface area contributed by atoms with Gasteiger partial charge in [0.25, 0.3) is 5.91 Å². The summed E-state index contributed by atoms with van der Waals surface area (Å²) in [7, 11) is 1.41. The fourth-order valence-corrected chi connectivity index (χ4v) is 5.41. The zero-order chi connectivity index (χ0) is 32.0. The van der Waals surface area contributed by atoms with Gasteiger partial charge in [0.1, 0.15) is 41.4 Å². The number of hydrogen-bond donors (Lipinski definition) is 2. The van der Waals surface area contributed by atoms with Gasteiger partial charge in [-0.25, -0.2) is 0 Å². The molecular formula is C32H42N6O6. The van der Waals surface area contributed by atoms with Crippen molar-refractivity contribution in [3.8, 4) is 6.07 Å². The third-order valence-electron chi connectivity index (χ3n) is 7.50. The zero-order valence-electron chi connectivity index (χ0n) is 26.2. The Hall–Kier alpha value is -4.53. The van der Waals surface area contributed by atoms with Crippen LogP contribution in [0.15, 0.2) is 40.1 Å². The number of nitrogens with zero attached hydrogens (tertiary/aromatic N) is 4. The van der Waals surface area contributed by atoms with Crippen LogP contribution in [0.4, 0.5) is 5.69 Å². The van der Waals surface area contributed by atoms with E-state index in [1.54, 1.807) is 42.7 Å². The Morgan fingerprint density at radius 1 is 1.11 bits per heavy atom. The molecule has 2 saturated heterocycles. The van der Waals surface area contributed by atoms with E-state index in [0.717, 1.165) is 35.3 Å². The second-order valence-corrected chi connectivity index (χ2v) is 12.4. The number of carbonyl (C=O) groups excluding carboxylic acids is 4. The summed E-state index contributed by atoms with van der Waals surface area (Å²) in [5, 5.41) is 17.3. The van der Waals surface area contributed by atoms with Crippen molar-refractivity contribution in [3.63, 3.8) is 0 Å². The van der Waals surface area contributed by atoms with Crippen LogP contribution in [0.25, 0.3) is 11.0 Å². The van der Waals surface area contributed by atoms with Crippen LogP contribution in [-0.4, -0.2) is 89.8 Å². The maximum atomic E-state index is 13.7. The molecule has 1 aromatic carbocycles. The summed E-state index contributed by atoms with van der Waals surface area (Å²) in [5.74, 6) is -0.941. The number of benzene rings is 1. The molecule has 12 nitrogen and oxygen atoms in total. The molecular weight excluding hydrogens is 564 g/mol. The first-order valence-electron chi connectivity index (χ1n) is 15.1. The molecule has 2 fully saturated rings. The van der Waals surface area contributed by atoms with E-state index in [9.17, 15) is 24.4 Å². The number of nitriles is 1. The number of carbonyl (C=O) groups is 4. The van der Waals surface area contributed by atoms with Crippen LogP contribution in [0, 0.1) is 18.3 Å². The molecule has 0 unspecified atom stereocenters. The lowest BCUT2D eigenvalue weighted by Crippen LogP contribution is -2.49. The van der Waals surface area contributed by atoms with Crippen LogP contribution >= 0.6 is 0 Å². The van der Waals surface area contributed by atoms with E-state index in [1.165, 1.54) is 7.05 Å². The standard InChI is InChI=1S/C32H42N6O6/c1-21-16-22-17-23(11-12-26(22)43-21)34-29(24(18-33)30(41)36(5)20-28(40)44-32(2,3)4)35-25-10-6-7-15-38(31(25)42)19-27(39)37-13-8-9-14-37/h11-12,16-17,25,34-35H,6-10,13-15,19-20H2,1-5H3/b29-24-/t25-/m0/s1. The molecule has 0 saturated carbocycles. The number of anilines is 1. The number of esters is 1. The van der Waals surface area contributed by atoms with E-state index in [1.807, 2.05) is 25.1 Å². The summed E-state index contributed by atoms with van der Waals surface area (Å²) in [6.07, 6.45) is 3.80. The summed E-state index contributed by atoms with van der Waals surface area (Å²) in [4.78, 5) is 57.1. The van der Waals surface area contributed by atoms with Gasteiger partial charge in [0.15, 0.2) is 5.57 Å². The third-order valence-corrected chi connectivity index (χ3v) is 7.50. The van der Waals surface area contributed by atoms with Crippen LogP contribution in [0.1, 0.15) is 58.6 Å². The number of aryl methyl sites for hydroxylation is 1. The van der Waals surface area contributed by atoms with Gasteiger partial charge in [-0.3, -0.25) is 19.2 Å². The van der Waals surface area contributed by atoms with Crippen LogP contribution in [0.5, 0.6) is 0 Å². The fourth-order valence-electron chi connectivity index (χ4n) is 5.41. The van der Waals surface area contributed by atoms with Crippen molar-refractivity contribution in [1.29, 1.82) is 5.26 Å². The van der Waals surface area contributed by atoms with Crippen molar-refractivity contribution >= 4 is 40.3 Å². The van der Waals surface area contributed by atoms with Crippen LogP contribution in [0.3, 0.4) is 0 Å². The highest BCUT2D eigenvalue weighted by Crippen LogP contribution is 2.25. The minimum Gasteiger partial charge on any atom is -0.461 e. The lowest BCUT2D eigenvalue weighted by Gasteiger charge is -2.28. The van der Waals surface area contributed by atoms with E-state index < -0.39 is 23.5 Å². The van der Waals surface area contributed by atoms with E-state index >= 15 is 0 Å². The Kier molecular flexibility index (Phi) is 10.2. The first-order valence-corrected chi connectivity index (χ1v) is 15.1. The predicted molar refractivity (Wildman–Crippen MR) is 164 cm³/mol. The molecule has 1 atom stereocenters. The molecule has 3 heterocycles. The zero-order valence-corrected chi connectivity index (χ0v) is 26.2. The second kappa shape index (κ2) is 13.8. The van der Waals surface area contributed by atoms with Crippen LogP contribution < -0.4 is 10.6 Å². The lowest BCUT2D eigenvalue weighted by atomic mass is 10.1. The molecule has 0 bridgehead atoms. The molecule has 12 heteroatoms. The van der Waals surface area contributed by atoms with Crippen molar-refractivity contribution in [1.82, 2.24) is 20.0 Å². The van der Waals surface area contributed by atoms with Crippen LogP contribution in [-0.2, 0) is 23.9 Å². The molecule has 0 aliphatic carbocycles. The highest BCUT2D eigenvalue weighted by molar-refractivity contribution is 6.00. The highest BCUT2D eigenvalue weighted by Gasteiger charge is 2.32. The SMILES string of the molecule is Cc1cc2cc(N/C(N[C@H]3CCCCN(CC(=O)N4CCCC4)C3=O)=C(\C#N)C(=O)N(C)CC(=O)OC(C)(C)C)ccc2o1. The Bertz CT molecular complexity index is 1480. The molecule has 4 rings (SSSR count). The maximum Gasteiger partial charge on any atom is 0.326 e. The normalized spacial score (nSPS) is 17.9. The van der Waals surface area contributed by atoms with Gasteiger partial charge in [0.2, 0.25) is 11.8 Å². The molecule has 2 aromatic rings. The summed E-state index contributed by atoms with van der Waals surface area (Å²) < 4.78 is 11.0. The average Bonchev–Trinajstić information content (AvgIpc) is 3.58. The number of rotatable bonds is 9. The number of likely N-dealkylation sites (N-methyl/N-ethyl adjacent to an activating group) is 1. The molecule has 0 spiro atoms. The van der Waals surface area contributed by atoms with E-state index in [4.69, 9.17) is 9.15 Å². The third kappa shape index (κ3) is 8.30. The number of hydrogen-bond acceptors (Lipinski definition) is 9. The maximum absolute atomic E-state index is 13.7. The lowest BCUT2D eigenvalue weighted by molar-refractivity contribution is -0.157. The summed E-state index contributed by atoms with van der Waals surface area (Å²) in [6, 6.07) is 8.37. The smallest absolute Gasteiger partial charge is 0.326 e. The average molecular weight is 607 g/mol. The monoisotopic (exact) mass is 606 g/mol. The highest BCUT2D eigenvalue weighted by atomic mass is 16.6. The second-order valence-electron chi connectivity index (χ2n) is 12.4. The molecule has 44 heavy (non-hydrogen) atoms. The van der Waals surface area contributed by atoms with E-state index in [0.29, 0.717) is 43.7 Å². The van der Waals surface area contributed by atoms with Crippen molar-refractivity contribution in [2.24, 2.45) is 0 Å². The molecule has 0 radical (unpaired) electrons. The minimum absolute atomic E-state index is 0.0112. The molecule has 2 N–H and O–H groups in total. The summed E-state index contributed by atoms with van der Waals surface area (Å²) >= 11 is 0. The minimum atomic E-state index is -0.793. The number of ether oxygens (including phenoxy) is 1. The first-order chi connectivity index (χ1) is 20.8. The number of nitrogens with one attached hydrogen (secondary N) is 2. The van der Waals surface area contributed by atoms with Gasteiger partial charge in [0, 0.05) is 37.8 Å². The predicted octanol–water partition coefficient (Wildman–Crippen LogP) is 3.28. The van der Waals surface area contributed by atoms with E-state index in [2.05, 4.69) is 10.6 Å². The first kappa shape index (κ1) is 32.4. The number of amides is 3. The number of likely N-dealkylation sites (tertiary alicyclic amines) is 2. The van der Waals surface area contributed by atoms with Crippen molar-refractivity contribution in [2.75, 3.05) is 45.1 Å². The molecule has 2 aliphatic heterocycles. The number of furan rings is 1. The van der Waals surface area contributed by atoms with Crippen molar-refractivity contribution in [2.45, 2.75) is 71.4 Å². The van der Waals surface area contributed by atoms with Gasteiger partial charge in [-0.05, 0) is 84.1 Å². The molecule has 2 aliphatic rings. The summed E-state index contributed by atoms with van der Waals surface area (Å²) in [6.45, 7) is 8.48. The van der Waals surface area contributed by atoms with Crippen molar-refractivity contribution in [3.05, 3.63) is 41.4 Å². The molecule has 1 aromatic heterocycles. The molecule has 3 amide bonds. The van der Waals surface area contributed by atoms with E-state index in [-0.39, 0.29) is 36.3 Å². The van der Waals surface area contributed by atoms with Gasteiger partial charge in [-0.15, -0.1) is 0 Å². The summed E-state index contributed by atoms with van der Waals surface area (Å²) in [5.41, 5.74) is 0.182. The van der Waals surface area contributed by atoms with Gasteiger partial charge in [-0.1, -0.05) is 0 Å². The van der Waals surface area contributed by atoms with Crippen LogP contribution in [0.2, 0.25) is 0 Å². The molecule has 236 valence electrons. The fraction of sp³-hybridized carbons (Fsp3) is 0.531. The van der Waals surface area contributed by atoms with Gasteiger partial charge < -0.3 is 34.5 Å². The Balaban J connectivity index is 1.62. The van der Waals surface area contributed by atoms with Gasteiger partial charge in [0.05, 0.1) is 6.54 Å². The van der Waals surface area contributed by atoms with Gasteiger partial charge in [-0.2, -0.15) is 5.26 Å². The van der Waals surface area contributed by atoms with Gasteiger partial charge >= 0.3 is 5.97 Å².